The fourth-order valence-corrected chi connectivity index (χ4v) is 2.12. The van der Waals surface area contributed by atoms with E-state index in [1.807, 2.05) is 39.0 Å². The smallest absolute Gasteiger partial charge is 0.224 e. The van der Waals surface area contributed by atoms with E-state index >= 15 is 0 Å². The molecule has 5 nitrogen and oxygen atoms in total. The van der Waals surface area contributed by atoms with Gasteiger partial charge in [0.05, 0.1) is 16.4 Å². The zero-order valence-electron chi connectivity index (χ0n) is 11.6. The predicted octanol–water partition coefficient (Wildman–Crippen LogP) is 1.69. The Balaban J connectivity index is 2.55. The van der Waals surface area contributed by atoms with Gasteiger partial charge in [0.15, 0.2) is 0 Å². The standard InChI is InChI=1S/C14H20N4O/c1-4-12-17-10-7-9(15)5-6-11(10)18(12)8-14(2,3)13(16)19/h5-7H,4,8,15H2,1-3H3,(H2,16,19). The first-order chi connectivity index (χ1) is 8.85. The summed E-state index contributed by atoms with van der Waals surface area (Å²) in [6.07, 6.45) is 0.795. The average molecular weight is 260 g/mol. The van der Waals surface area contributed by atoms with Crippen LogP contribution >= 0.6 is 0 Å². The van der Waals surface area contributed by atoms with Crippen LogP contribution in [0.2, 0.25) is 0 Å². The second-order valence-electron chi connectivity index (χ2n) is 5.46. The van der Waals surface area contributed by atoms with E-state index in [1.54, 1.807) is 0 Å². The second kappa shape index (κ2) is 4.57. The Bertz CT molecular complexity index is 628. The second-order valence-corrected chi connectivity index (χ2v) is 5.46. The fourth-order valence-electron chi connectivity index (χ4n) is 2.12. The highest BCUT2D eigenvalue weighted by Crippen LogP contribution is 2.25. The van der Waals surface area contributed by atoms with Gasteiger partial charge in [-0.1, -0.05) is 6.92 Å². The molecule has 19 heavy (non-hydrogen) atoms. The first kappa shape index (κ1) is 13.4. The minimum Gasteiger partial charge on any atom is -0.399 e. The Morgan fingerprint density at radius 3 is 2.68 bits per heavy atom. The molecule has 0 fully saturated rings. The Labute approximate surface area is 112 Å². The number of aryl methyl sites for hydroxylation is 1. The summed E-state index contributed by atoms with van der Waals surface area (Å²) in [6, 6.07) is 5.63. The lowest BCUT2D eigenvalue weighted by Gasteiger charge is -2.22. The summed E-state index contributed by atoms with van der Waals surface area (Å²) in [4.78, 5) is 16.1. The van der Waals surface area contributed by atoms with Gasteiger partial charge < -0.3 is 16.0 Å². The van der Waals surface area contributed by atoms with E-state index in [-0.39, 0.29) is 5.91 Å². The van der Waals surface area contributed by atoms with Crippen LogP contribution in [-0.2, 0) is 17.8 Å². The maximum Gasteiger partial charge on any atom is 0.224 e. The van der Waals surface area contributed by atoms with Gasteiger partial charge in [-0.15, -0.1) is 0 Å². The third-order valence-electron chi connectivity index (χ3n) is 3.39. The summed E-state index contributed by atoms with van der Waals surface area (Å²) < 4.78 is 2.06. The molecule has 0 aliphatic carbocycles. The zero-order valence-corrected chi connectivity index (χ0v) is 11.6. The van der Waals surface area contributed by atoms with Crippen LogP contribution in [0.5, 0.6) is 0 Å². The highest BCUT2D eigenvalue weighted by molar-refractivity contribution is 5.82. The van der Waals surface area contributed by atoms with Crippen molar-refractivity contribution < 1.29 is 4.79 Å². The molecule has 0 aliphatic rings. The SMILES string of the molecule is CCc1nc2cc(N)ccc2n1CC(C)(C)C(N)=O. The van der Waals surface area contributed by atoms with Crippen LogP contribution in [0.1, 0.15) is 26.6 Å². The maximum atomic E-state index is 11.5. The molecule has 1 amide bonds. The van der Waals surface area contributed by atoms with Gasteiger partial charge in [0.2, 0.25) is 5.91 Å². The molecule has 1 aromatic carbocycles. The number of benzene rings is 1. The van der Waals surface area contributed by atoms with Gasteiger partial charge in [-0.2, -0.15) is 0 Å². The molecule has 0 spiro atoms. The number of nitrogens with two attached hydrogens (primary N) is 2. The minimum absolute atomic E-state index is 0.313. The van der Waals surface area contributed by atoms with Gasteiger partial charge in [-0.3, -0.25) is 4.79 Å². The van der Waals surface area contributed by atoms with E-state index in [1.165, 1.54) is 0 Å². The molecular weight excluding hydrogens is 240 g/mol. The third kappa shape index (κ3) is 2.41. The minimum atomic E-state index is -0.612. The summed E-state index contributed by atoms with van der Waals surface area (Å²) in [7, 11) is 0. The Morgan fingerprint density at radius 2 is 2.11 bits per heavy atom. The molecular formula is C14H20N4O. The molecule has 0 aliphatic heterocycles. The summed E-state index contributed by atoms with van der Waals surface area (Å²) in [5.41, 5.74) is 13.2. The normalized spacial score (nSPS) is 11.9. The highest BCUT2D eigenvalue weighted by Gasteiger charge is 2.27. The lowest BCUT2D eigenvalue weighted by Crippen LogP contribution is -2.35. The van der Waals surface area contributed by atoms with Crippen molar-refractivity contribution in [1.82, 2.24) is 9.55 Å². The molecule has 0 radical (unpaired) electrons. The number of aromatic nitrogens is 2. The fraction of sp³-hybridized carbons (Fsp3) is 0.429. The molecule has 2 aromatic rings. The van der Waals surface area contributed by atoms with Crippen LogP contribution in [0.3, 0.4) is 0 Å². The number of primary amides is 1. The topological polar surface area (TPSA) is 86.9 Å². The number of carbonyl (C=O) groups excluding carboxylic acids is 1. The van der Waals surface area contributed by atoms with Gasteiger partial charge in [0, 0.05) is 18.7 Å². The summed E-state index contributed by atoms with van der Waals surface area (Å²) in [5.74, 6) is 0.627. The highest BCUT2D eigenvalue weighted by atomic mass is 16.1. The summed E-state index contributed by atoms with van der Waals surface area (Å²) in [6.45, 7) is 6.25. The average Bonchev–Trinajstić information content (AvgIpc) is 2.65. The van der Waals surface area contributed by atoms with Crippen LogP contribution in [0, 0.1) is 5.41 Å². The molecule has 0 unspecified atom stereocenters. The molecule has 1 heterocycles. The molecule has 0 saturated carbocycles. The van der Waals surface area contributed by atoms with E-state index in [2.05, 4.69) is 9.55 Å². The van der Waals surface area contributed by atoms with Crippen LogP contribution in [-0.4, -0.2) is 15.5 Å². The van der Waals surface area contributed by atoms with E-state index in [0.717, 1.165) is 23.3 Å². The molecule has 5 heteroatoms. The van der Waals surface area contributed by atoms with Crippen molar-refractivity contribution in [3.63, 3.8) is 0 Å². The monoisotopic (exact) mass is 260 g/mol. The van der Waals surface area contributed by atoms with Gasteiger partial charge in [-0.05, 0) is 32.0 Å². The molecule has 4 N–H and O–H groups in total. The van der Waals surface area contributed by atoms with Gasteiger partial charge in [-0.25, -0.2) is 4.98 Å². The van der Waals surface area contributed by atoms with Crippen LogP contribution in [0.15, 0.2) is 18.2 Å². The van der Waals surface area contributed by atoms with Crippen molar-refractivity contribution in [2.24, 2.45) is 11.1 Å². The molecule has 0 bridgehead atoms. The van der Waals surface area contributed by atoms with Crippen molar-refractivity contribution in [3.8, 4) is 0 Å². The van der Waals surface area contributed by atoms with Gasteiger partial charge in [0.1, 0.15) is 5.82 Å². The molecule has 102 valence electrons. The predicted molar refractivity (Wildman–Crippen MR) is 76.5 cm³/mol. The summed E-state index contributed by atoms with van der Waals surface area (Å²) >= 11 is 0. The number of nitrogen functional groups attached to an aromatic ring is 1. The van der Waals surface area contributed by atoms with Crippen molar-refractivity contribution in [3.05, 3.63) is 24.0 Å². The Morgan fingerprint density at radius 1 is 1.42 bits per heavy atom. The van der Waals surface area contributed by atoms with E-state index in [9.17, 15) is 4.79 Å². The first-order valence-electron chi connectivity index (χ1n) is 6.39. The van der Waals surface area contributed by atoms with Crippen LogP contribution in [0.4, 0.5) is 5.69 Å². The zero-order chi connectivity index (χ0) is 14.2. The maximum absolute atomic E-state index is 11.5. The Kier molecular flexibility index (Phi) is 3.22. The van der Waals surface area contributed by atoms with Crippen LogP contribution < -0.4 is 11.5 Å². The lowest BCUT2D eigenvalue weighted by atomic mass is 9.92. The number of hydrogen-bond donors (Lipinski definition) is 2. The van der Waals surface area contributed by atoms with Crippen molar-refractivity contribution in [1.29, 1.82) is 0 Å². The first-order valence-corrected chi connectivity index (χ1v) is 6.39. The van der Waals surface area contributed by atoms with E-state index in [0.29, 0.717) is 12.2 Å². The number of imidazole rings is 1. The van der Waals surface area contributed by atoms with Crippen LogP contribution in [0.25, 0.3) is 11.0 Å². The molecule has 2 rings (SSSR count). The number of anilines is 1. The molecule has 0 atom stereocenters. The third-order valence-corrected chi connectivity index (χ3v) is 3.39. The lowest BCUT2D eigenvalue weighted by molar-refractivity contribution is -0.126. The number of fused-ring (bicyclic) bond motifs is 1. The Hall–Kier alpha value is -2.04. The molecule has 1 aromatic heterocycles. The van der Waals surface area contributed by atoms with E-state index in [4.69, 9.17) is 11.5 Å². The summed E-state index contributed by atoms with van der Waals surface area (Å²) in [5, 5.41) is 0. The quantitative estimate of drug-likeness (QED) is 0.820. The molecule has 0 saturated heterocycles. The van der Waals surface area contributed by atoms with Gasteiger partial charge in [0.25, 0.3) is 0 Å². The van der Waals surface area contributed by atoms with Gasteiger partial charge >= 0.3 is 0 Å². The number of rotatable bonds is 4. The number of nitrogens with zero attached hydrogens (tertiary/aromatic N) is 2. The van der Waals surface area contributed by atoms with Crippen molar-refractivity contribution in [2.45, 2.75) is 33.7 Å². The number of amides is 1. The van der Waals surface area contributed by atoms with Crippen molar-refractivity contribution >= 4 is 22.6 Å². The number of hydrogen-bond acceptors (Lipinski definition) is 3. The largest absolute Gasteiger partial charge is 0.399 e. The van der Waals surface area contributed by atoms with E-state index < -0.39 is 5.41 Å². The van der Waals surface area contributed by atoms with Crippen molar-refractivity contribution in [2.75, 3.05) is 5.73 Å². The number of carbonyl (C=O) groups is 1.